The van der Waals surface area contributed by atoms with E-state index in [1.165, 1.54) is 37.6 Å². The van der Waals surface area contributed by atoms with Crippen LogP contribution in [0.25, 0.3) is 23.1 Å². The van der Waals surface area contributed by atoms with Crippen LogP contribution in [0.3, 0.4) is 0 Å². The average Bonchev–Trinajstić information content (AvgIpc) is 1.62. The molecule has 3 heterocycles. The minimum atomic E-state index is -1.80. The Kier molecular flexibility index (Phi) is 34.9. The van der Waals surface area contributed by atoms with Gasteiger partial charge in [-0.1, -0.05) is 74.1 Å². The molecule has 584 valence electrons. The molecule has 0 spiro atoms. The Hall–Kier alpha value is -10.8. The zero-order valence-electron chi connectivity index (χ0n) is 60.8. The van der Waals surface area contributed by atoms with Gasteiger partial charge in [-0.05, 0) is 145 Å². The van der Waals surface area contributed by atoms with Gasteiger partial charge in [-0.25, -0.2) is 4.79 Å². The monoisotopic (exact) mass is 1520 g/mol. The third-order valence-electron chi connectivity index (χ3n) is 17.1. The summed E-state index contributed by atoms with van der Waals surface area (Å²) in [5.74, 6) is -10.3. The molecular weight excluding hydrogens is 1420 g/mol. The van der Waals surface area contributed by atoms with Crippen molar-refractivity contribution in [2.24, 2.45) is 28.9 Å². The number of benzene rings is 3. The molecule has 5 aromatic rings. The summed E-state index contributed by atoms with van der Waals surface area (Å²) in [6.07, 6.45) is -0.461. The lowest BCUT2D eigenvalue weighted by Crippen LogP contribution is -2.61. The van der Waals surface area contributed by atoms with Crippen molar-refractivity contribution in [3.05, 3.63) is 120 Å². The predicted octanol–water partition coefficient (Wildman–Crippen LogP) is -2.73. The second-order valence-corrected chi connectivity index (χ2v) is 27.0. The van der Waals surface area contributed by atoms with Crippen molar-refractivity contribution in [3.63, 3.8) is 0 Å². The summed E-state index contributed by atoms with van der Waals surface area (Å²) in [4.78, 5) is 189. The molecule has 36 heteroatoms. The third kappa shape index (κ3) is 26.0. The number of nitrogens with zero attached hydrogens (tertiary/aromatic N) is 4. The number of nitrogens with two attached hydrogens (primary N) is 4. The molecular formula is C72H99N19O16S. The van der Waals surface area contributed by atoms with Gasteiger partial charge in [0, 0.05) is 54.4 Å². The van der Waals surface area contributed by atoms with Crippen LogP contribution in [-0.2, 0) is 63.9 Å². The number of carbonyl (C=O) groups excluding carboxylic acids is 13. The average molecular weight is 1520 g/mol. The van der Waals surface area contributed by atoms with Crippen LogP contribution in [-0.4, -0.2) is 233 Å². The fourth-order valence-electron chi connectivity index (χ4n) is 11.4. The van der Waals surface area contributed by atoms with Crippen molar-refractivity contribution in [1.82, 2.24) is 78.1 Å². The molecule has 12 amide bonds. The summed E-state index contributed by atoms with van der Waals surface area (Å²) in [5.41, 5.74) is 26.0. The Morgan fingerprint density at radius 3 is 1.89 bits per heavy atom. The van der Waals surface area contributed by atoms with Gasteiger partial charge in [0.1, 0.15) is 61.0 Å². The molecule has 0 aliphatic carbocycles. The van der Waals surface area contributed by atoms with E-state index in [0.717, 1.165) is 4.68 Å². The second kappa shape index (κ2) is 43.8. The third-order valence-corrected chi connectivity index (χ3v) is 18.2. The van der Waals surface area contributed by atoms with Crippen molar-refractivity contribution in [1.29, 1.82) is 0 Å². The van der Waals surface area contributed by atoms with Crippen LogP contribution in [0.4, 0.5) is 4.79 Å². The van der Waals surface area contributed by atoms with Crippen molar-refractivity contribution in [3.8, 4) is 0 Å². The van der Waals surface area contributed by atoms with E-state index in [0.29, 0.717) is 43.2 Å². The van der Waals surface area contributed by atoms with Crippen LogP contribution in [0, 0.1) is 5.92 Å². The number of carbonyl (C=O) groups is 13. The SMILES string of the molecule is CNC(=O)c1ccccc1Sc1ccc2c(/C=C/c3ccccn3)nn(C(=O)N(CCOC=O)CCC(=O)N[C@H](C(=O)N[C@@H](CCN)C(=O)N[C@H]3CCNC(=O)[C@H]([C@@H](C)O)NC(=O)[C@H](CCN)NC(=O)[C@H](CCN)NC(=O)[C@H](CC(C)C)NC(=O)[C@@H](Cc4ccccc4)NC(=O)[C@H](CCN)NC3=O)[C@@H](C)O)c2c1. The highest BCUT2D eigenvalue weighted by Crippen LogP contribution is 2.34. The normalized spacial score (nSPS) is 19.9. The maximum absolute atomic E-state index is 14.8. The van der Waals surface area contributed by atoms with Gasteiger partial charge in [0.15, 0.2) is 0 Å². The molecule has 11 atom stereocenters. The smallest absolute Gasteiger partial charge is 0.345 e. The van der Waals surface area contributed by atoms with Crippen LogP contribution >= 0.6 is 11.8 Å². The van der Waals surface area contributed by atoms with Crippen molar-refractivity contribution in [2.45, 2.75) is 155 Å². The maximum atomic E-state index is 14.8. The summed E-state index contributed by atoms with van der Waals surface area (Å²) in [6.45, 7) is 3.74. The van der Waals surface area contributed by atoms with Crippen LogP contribution in [0.2, 0.25) is 0 Å². The molecule has 0 radical (unpaired) electrons. The van der Waals surface area contributed by atoms with Gasteiger partial charge in [-0.15, -0.1) is 0 Å². The number of ether oxygens (including phenoxy) is 1. The standard InChI is InChI=1S/C72H99N19O16S/c1-41(2)37-55-68(102)82-50(22-28-73)63(97)81-53(25-31-76)67(101)88-60(42(3)93)70(104)79-33-26-54(66(100)80-51(23-29-74)65(99)86-56(69(103)85-55)38-44-13-7-6-8-14-44)83-64(98)52(24-30-75)84-71(105)61(43(4)94)87-59(95)27-34-90(35-36-107-40-92)72(106)91-57-39-46(108-58-17-10-9-16-48(58)62(96)77-5)19-20-47(57)49(89-91)21-18-45-15-11-12-32-78-45/h6-21,32,39-43,50-56,60-61,93-94H,22-31,33-38,73-76H2,1-5H3,(H,77,96)(H,79,104)(H,80,100)(H,81,97)(H,82,102)(H,83,98)(H,84,105)(H,85,103)(H,86,99)(H,87,95)(H,88,101)/b21-18+/t42-,43-,50+,51+,52+,53+,54+,55+,56-,60+,61+/m1/s1. The first-order chi connectivity index (χ1) is 51.7. The van der Waals surface area contributed by atoms with Gasteiger partial charge in [-0.2, -0.15) is 9.78 Å². The molecule has 108 heavy (non-hydrogen) atoms. The minimum absolute atomic E-state index is 0.0197. The highest BCUT2D eigenvalue weighted by atomic mass is 32.2. The Morgan fingerprint density at radius 1 is 0.685 bits per heavy atom. The summed E-state index contributed by atoms with van der Waals surface area (Å²) >= 11 is 1.25. The Bertz CT molecular complexity index is 3940. The van der Waals surface area contributed by atoms with E-state index in [4.69, 9.17) is 27.7 Å². The minimum Gasteiger partial charge on any atom is -0.466 e. The molecule has 1 fully saturated rings. The first-order valence-electron chi connectivity index (χ1n) is 35.4. The first kappa shape index (κ1) is 86.2. The molecule has 0 saturated carbocycles. The first-order valence-corrected chi connectivity index (χ1v) is 36.2. The Morgan fingerprint density at radius 2 is 1.29 bits per heavy atom. The van der Waals surface area contributed by atoms with Crippen LogP contribution in [0.15, 0.2) is 107 Å². The lowest BCUT2D eigenvalue weighted by Gasteiger charge is -2.28. The molecule has 6 rings (SSSR count). The number of rotatable bonds is 31. The number of aromatic nitrogens is 3. The Labute approximate surface area is 628 Å². The van der Waals surface area contributed by atoms with E-state index in [1.807, 2.05) is 0 Å². The molecule has 2 aromatic heterocycles. The van der Waals surface area contributed by atoms with Crippen molar-refractivity contribution >= 4 is 112 Å². The summed E-state index contributed by atoms with van der Waals surface area (Å²) in [5, 5.41) is 55.3. The number of aliphatic hydroxyl groups excluding tert-OH is 2. The lowest BCUT2D eigenvalue weighted by molar-refractivity contribution is -0.136. The van der Waals surface area contributed by atoms with Gasteiger partial charge in [-0.3, -0.25) is 62.5 Å². The number of amides is 12. The van der Waals surface area contributed by atoms with E-state index in [2.05, 4.69) is 68.6 Å². The fourth-order valence-corrected chi connectivity index (χ4v) is 12.4. The predicted molar refractivity (Wildman–Crippen MR) is 399 cm³/mol. The topological polar surface area (TPSA) is 542 Å². The number of fused-ring (bicyclic) bond motifs is 1. The number of aliphatic hydroxyl groups is 2. The van der Waals surface area contributed by atoms with E-state index in [9.17, 15) is 72.5 Å². The quantitative estimate of drug-likeness (QED) is 0.0158. The van der Waals surface area contributed by atoms with E-state index < -0.39 is 158 Å². The number of nitrogens with one attached hydrogen (secondary N) is 11. The molecule has 0 unspecified atom stereocenters. The highest BCUT2D eigenvalue weighted by molar-refractivity contribution is 7.99. The highest BCUT2D eigenvalue weighted by Gasteiger charge is 2.38. The summed E-state index contributed by atoms with van der Waals surface area (Å²) in [6, 6.07) is 11.1. The van der Waals surface area contributed by atoms with E-state index >= 15 is 0 Å². The largest absolute Gasteiger partial charge is 0.466 e. The molecule has 1 aliphatic rings. The van der Waals surface area contributed by atoms with E-state index in [-0.39, 0.29) is 96.2 Å². The van der Waals surface area contributed by atoms with Gasteiger partial charge < -0.3 is 101 Å². The van der Waals surface area contributed by atoms with Crippen molar-refractivity contribution in [2.75, 3.05) is 59.5 Å². The molecule has 35 nitrogen and oxygen atoms in total. The van der Waals surface area contributed by atoms with Gasteiger partial charge in [0.2, 0.25) is 59.1 Å². The zero-order chi connectivity index (χ0) is 79.0. The van der Waals surface area contributed by atoms with Crippen LogP contribution in [0.1, 0.15) is 99.9 Å². The molecule has 21 N–H and O–H groups in total. The molecule has 0 bridgehead atoms. The molecule has 3 aromatic carbocycles. The van der Waals surface area contributed by atoms with Gasteiger partial charge in [0.05, 0.1) is 41.2 Å². The van der Waals surface area contributed by atoms with Gasteiger partial charge >= 0.3 is 6.03 Å². The lowest BCUT2D eigenvalue weighted by atomic mass is 10.00. The second-order valence-electron chi connectivity index (χ2n) is 25.9. The van der Waals surface area contributed by atoms with Crippen LogP contribution < -0.4 is 81.4 Å². The van der Waals surface area contributed by atoms with Gasteiger partial charge in [0.25, 0.3) is 12.4 Å². The molecule has 1 saturated heterocycles. The zero-order valence-corrected chi connectivity index (χ0v) is 61.6. The summed E-state index contributed by atoms with van der Waals surface area (Å²) in [7, 11) is 1.51. The fraction of sp³-hybridized carbons (Fsp3) is 0.458. The number of pyridine rings is 1. The summed E-state index contributed by atoms with van der Waals surface area (Å²) < 4.78 is 6.09. The van der Waals surface area contributed by atoms with Crippen molar-refractivity contribution < 1.29 is 77.3 Å². The Balaban J connectivity index is 1.28. The number of hydrogen-bond acceptors (Lipinski definition) is 23. The molecule has 1 aliphatic heterocycles. The maximum Gasteiger partial charge on any atom is 0.345 e. The van der Waals surface area contributed by atoms with Crippen LogP contribution in [0.5, 0.6) is 0 Å². The number of hydrogen-bond donors (Lipinski definition) is 17. The van der Waals surface area contributed by atoms with E-state index in [1.54, 1.807) is 123 Å².